The molecule has 90 valence electrons. The average molecular weight is 250 g/mol. The lowest BCUT2D eigenvalue weighted by molar-refractivity contribution is 0.344. The van der Waals surface area contributed by atoms with Crippen LogP contribution in [0.5, 0.6) is 0 Å². The molecule has 1 saturated carbocycles. The first-order valence-electron chi connectivity index (χ1n) is 6.05. The quantitative estimate of drug-likeness (QED) is 0.840. The summed E-state index contributed by atoms with van der Waals surface area (Å²) in [6, 6.07) is 5.87. The van der Waals surface area contributed by atoms with Crippen LogP contribution in [0.25, 0.3) is 11.0 Å². The third-order valence-corrected chi connectivity index (χ3v) is 4.19. The van der Waals surface area contributed by atoms with E-state index in [4.69, 9.17) is 17.3 Å². The number of nitrogens with zero attached hydrogens (tertiary/aromatic N) is 2. The lowest BCUT2D eigenvalue weighted by atomic mass is 10.00. The van der Waals surface area contributed by atoms with Gasteiger partial charge in [-0.15, -0.1) is 0 Å². The first kappa shape index (κ1) is 10.9. The second-order valence-corrected chi connectivity index (χ2v) is 5.52. The molecule has 0 spiro atoms. The van der Waals surface area contributed by atoms with Gasteiger partial charge in [0.1, 0.15) is 5.52 Å². The molecule has 1 heterocycles. The maximum absolute atomic E-state index is 6.16. The summed E-state index contributed by atoms with van der Waals surface area (Å²) in [5, 5.41) is 0.676. The number of para-hydroxylation sites is 1. The zero-order valence-electron chi connectivity index (χ0n) is 9.91. The van der Waals surface area contributed by atoms with Crippen molar-refractivity contribution in [3.05, 3.63) is 23.2 Å². The maximum Gasteiger partial charge on any atom is 0.201 e. The van der Waals surface area contributed by atoms with Crippen molar-refractivity contribution in [1.82, 2.24) is 9.55 Å². The van der Waals surface area contributed by atoms with Gasteiger partial charge in [0, 0.05) is 5.54 Å². The third kappa shape index (κ3) is 1.53. The smallest absolute Gasteiger partial charge is 0.201 e. The van der Waals surface area contributed by atoms with E-state index in [1.165, 1.54) is 12.8 Å². The fourth-order valence-electron chi connectivity index (χ4n) is 3.01. The Balaban J connectivity index is 2.29. The molecule has 0 aliphatic heterocycles. The van der Waals surface area contributed by atoms with Crippen molar-refractivity contribution in [1.29, 1.82) is 0 Å². The number of anilines is 1. The number of fused-ring (bicyclic) bond motifs is 1. The Hall–Kier alpha value is -1.22. The highest BCUT2D eigenvalue weighted by Crippen LogP contribution is 2.40. The third-order valence-electron chi connectivity index (χ3n) is 3.88. The number of aromatic nitrogens is 2. The molecule has 4 heteroatoms. The molecule has 2 N–H and O–H groups in total. The first-order valence-corrected chi connectivity index (χ1v) is 6.42. The minimum absolute atomic E-state index is 0.101. The minimum Gasteiger partial charge on any atom is -0.369 e. The van der Waals surface area contributed by atoms with Gasteiger partial charge in [-0.1, -0.05) is 30.5 Å². The van der Waals surface area contributed by atoms with Gasteiger partial charge in [-0.05, 0) is 31.9 Å². The molecule has 0 radical (unpaired) electrons. The number of nitrogen functional groups attached to an aromatic ring is 1. The molecule has 0 atom stereocenters. The van der Waals surface area contributed by atoms with E-state index in [0.29, 0.717) is 11.0 Å². The van der Waals surface area contributed by atoms with Crippen LogP contribution in [0, 0.1) is 0 Å². The topological polar surface area (TPSA) is 43.8 Å². The van der Waals surface area contributed by atoms with E-state index in [1.807, 2.05) is 18.2 Å². The van der Waals surface area contributed by atoms with Crippen LogP contribution in [0.4, 0.5) is 5.95 Å². The van der Waals surface area contributed by atoms with Crippen molar-refractivity contribution in [2.45, 2.75) is 38.1 Å². The van der Waals surface area contributed by atoms with E-state index in [0.717, 1.165) is 23.9 Å². The molecule has 0 unspecified atom stereocenters. The maximum atomic E-state index is 6.16. The van der Waals surface area contributed by atoms with Crippen LogP contribution < -0.4 is 5.73 Å². The van der Waals surface area contributed by atoms with Crippen LogP contribution in [0.15, 0.2) is 18.2 Å². The van der Waals surface area contributed by atoms with Crippen molar-refractivity contribution >= 4 is 28.6 Å². The number of benzene rings is 1. The summed E-state index contributed by atoms with van der Waals surface area (Å²) >= 11 is 6.16. The van der Waals surface area contributed by atoms with Gasteiger partial charge in [-0.3, -0.25) is 0 Å². The lowest BCUT2D eigenvalue weighted by Gasteiger charge is -2.27. The van der Waals surface area contributed by atoms with Crippen LogP contribution >= 0.6 is 11.6 Å². The summed E-state index contributed by atoms with van der Waals surface area (Å²) in [6.45, 7) is 2.26. The monoisotopic (exact) mass is 249 g/mol. The molecule has 0 saturated heterocycles. The summed E-state index contributed by atoms with van der Waals surface area (Å²) in [4.78, 5) is 4.41. The highest BCUT2D eigenvalue weighted by Gasteiger charge is 2.33. The van der Waals surface area contributed by atoms with Gasteiger partial charge in [0.15, 0.2) is 0 Å². The summed E-state index contributed by atoms with van der Waals surface area (Å²) < 4.78 is 2.17. The highest BCUT2D eigenvalue weighted by atomic mass is 35.5. The van der Waals surface area contributed by atoms with Gasteiger partial charge >= 0.3 is 0 Å². The Kier molecular flexibility index (Phi) is 2.33. The van der Waals surface area contributed by atoms with E-state index in [9.17, 15) is 0 Å². The second kappa shape index (κ2) is 3.64. The molecule has 1 aliphatic carbocycles. The molecule has 17 heavy (non-hydrogen) atoms. The molecule has 2 aromatic rings. The Morgan fingerprint density at radius 3 is 2.76 bits per heavy atom. The lowest BCUT2D eigenvalue weighted by Crippen LogP contribution is -2.27. The molecule has 1 aromatic heterocycles. The van der Waals surface area contributed by atoms with Gasteiger partial charge in [-0.25, -0.2) is 4.98 Å². The van der Waals surface area contributed by atoms with Gasteiger partial charge in [0.2, 0.25) is 5.95 Å². The predicted octanol–water partition coefficient (Wildman–Crippen LogP) is 3.56. The van der Waals surface area contributed by atoms with Crippen molar-refractivity contribution < 1.29 is 0 Å². The summed E-state index contributed by atoms with van der Waals surface area (Å²) in [6.07, 6.45) is 4.84. The number of rotatable bonds is 1. The molecule has 1 aliphatic rings. The van der Waals surface area contributed by atoms with Crippen LogP contribution in [0.2, 0.25) is 5.02 Å². The van der Waals surface area contributed by atoms with Crippen molar-refractivity contribution in [2.75, 3.05) is 5.73 Å². The molecular formula is C13H16ClN3. The molecule has 0 amide bonds. The minimum atomic E-state index is 0.101. The number of imidazole rings is 1. The van der Waals surface area contributed by atoms with E-state index < -0.39 is 0 Å². The fraction of sp³-hybridized carbons (Fsp3) is 0.462. The van der Waals surface area contributed by atoms with Gasteiger partial charge in [0.25, 0.3) is 0 Å². The largest absolute Gasteiger partial charge is 0.369 e. The summed E-state index contributed by atoms with van der Waals surface area (Å²) in [7, 11) is 0. The molecule has 0 bridgehead atoms. The van der Waals surface area contributed by atoms with E-state index >= 15 is 0 Å². The molecule has 1 fully saturated rings. The van der Waals surface area contributed by atoms with Crippen LogP contribution in [0.3, 0.4) is 0 Å². The van der Waals surface area contributed by atoms with E-state index in [-0.39, 0.29) is 5.54 Å². The van der Waals surface area contributed by atoms with Crippen LogP contribution in [-0.2, 0) is 5.54 Å². The summed E-state index contributed by atoms with van der Waals surface area (Å²) in [5.41, 5.74) is 8.06. The van der Waals surface area contributed by atoms with Crippen LogP contribution in [-0.4, -0.2) is 9.55 Å². The van der Waals surface area contributed by atoms with Crippen molar-refractivity contribution in [2.24, 2.45) is 0 Å². The first-order chi connectivity index (χ1) is 8.12. The number of hydrogen-bond donors (Lipinski definition) is 1. The molecule has 3 rings (SSSR count). The standard InChI is InChI=1S/C13H16ClN3/c1-13(7-2-3-8-13)17-10-6-4-5-9(14)11(10)16-12(17)15/h4-6H,2-3,7-8H2,1H3,(H2,15,16). The average Bonchev–Trinajstić information content (AvgIpc) is 2.83. The van der Waals surface area contributed by atoms with Gasteiger partial charge in [0.05, 0.1) is 10.5 Å². The Labute approximate surface area is 106 Å². The summed E-state index contributed by atoms with van der Waals surface area (Å²) in [5.74, 6) is 0.581. The number of halogens is 1. The Morgan fingerprint density at radius 1 is 1.35 bits per heavy atom. The van der Waals surface area contributed by atoms with E-state index in [1.54, 1.807) is 0 Å². The van der Waals surface area contributed by atoms with Gasteiger partial charge < -0.3 is 10.3 Å². The van der Waals surface area contributed by atoms with E-state index in [2.05, 4.69) is 16.5 Å². The van der Waals surface area contributed by atoms with Gasteiger partial charge in [-0.2, -0.15) is 0 Å². The zero-order chi connectivity index (χ0) is 12.0. The van der Waals surface area contributed by atoms with Crippen molar-refractivity contribution in [3.8, 4) is 0 Å². The molecule has 3 nitrogen and oxygen atoms in total. The highest BCUT2D eigenvalue weighted by molar-refractivity contribution is 6.35. The SMILES string of the molecule is CC1(n2c(N)nc3c(Cl)cccc32)CCCC1. The normalized spacial score (nSPS) is 18.9. The zero-order valence-corrected chi connectivity index (χ0v) is 10.7. The van der Waals surface area contributed by atoms with Crippen LogP contribution in [0.1, 0.15) is 32.6 Å². The fourth-order valence-corrected chi connectivity index (χ4v) is 3.22. The number of nitrogens with two attached hydrogens (primary N) is 1. The molecular weight excluding hydrogens is 234 g/mol. The second-order valence-electron chi connectivity index (χ2n) is 5.12. The number of hydrogen-bond acceptors (Lipinski definition) is 2. The van der Waals surface area contributed by atoms with Crippen molar-refractivity contribution in [3.63, 3.8) is 0 Å². The predicted molar refractivity (Wildman–Crippen MR) is 71.3 cm³/mol. The Morgan fingerprint density at radius 2 is 2.06 bits per heavy atom. The molecule has 1 aromatic carbocycles. The Bertz CT molecular complexity index is 567.